The Kier molecular flexibility index (Phi) is 22.3. The van der Waals surface area contributed by atoms with E-state index in [-0.39, 0.29) is 0 Å². The molecule has 0 aliphatic rings. The van der Waals surface area contributed by atoms with E-state index in [2.05, 4.69) is 0 Å². The van der Waals surface area contributed by atoms with Crippen molar-refractivity contribution in [2.75, 3.05) is 0 Å². The zero-order valence-electron chi connectivity index (χ0n) is 20.2. The van der Waals surface area contributed by atoms with Crippen LogP contribution in [0.1, 0.15) is 83.1 Å². The Hall–Kier alpha value is -0.743. The molecule has 0 unspecified atom stereocenters. The van der Waals surface area contributed by atoms with Crippen LogP contribution in [-0.4, -0.2) is 44.3 Å². The molecule has 0 aromatic carbocycles. The van der Waals surface area contributed by atoms with E-state index in [1.807, 2.05) is 0 Å². The summed E-state index contributed by atoms with van der Waals surface area (Å²) in [7, 11) is 0. The Morgan fingerprint density at radius 2 is 0.433 bits per heavy atom. The predicted octanol–water partition coefficient (Wildman–Crippen LogP) is 4.46. The molecule has 8 nitrogen and oxygen atoms in total. The van der Waals surface area contributed by atoms with Gasteiger partial charge in [-0.1, -0.05) is 0 Å². The molecule has 4 N–H and O–H groups in total. The van der Waals surface area contributed by atoms with Gasteiger partial charge in [0, 0.05) is 0 Å². The molecule has 0 aromatic rings. The average Bonchev–Trinajstić information content (AvgIpc) is 2.47. The van der Waals surface area contributed by atoms with Crippen molar-refractivity contribution in [3.8, 4) is 0 Å². The van der Waals surface area contributed by atoms with Gasteiger partial charge in [-0.25, -0.2) is 0 Å². The summed E-state index contributed by atoms with van der Waals surface area (Å²) in [5.74, 6) is -3.03. The molecule has 0 aliphatic heterocycles. The molecule has 0 aliphatic carbocycles. The van der Waals surface area contributed by atoms with Gasteiger partial charge in [-0.15, -0.1) is 0 Å². The minimum atomic E-state index is -0.757. The first-order valence-electron chi connectivity index (χ1n) is 8.88. The van der Waals surface area contributed by atoms with Gasteiger partial charge in [0.25, 0.3) is 0 Å². The Morgan fingerprint density at radius 3 is 0.433 bits per heavy atom. The molecule has 0 rings (SSSR count). The number of carbonyl (C=O) groups is 4. The second-order valence-corrected chi connectivity index (χ2v) is 10.2. The van der Waals surface area contributed by atoms with Crippen molar-refractivity contribution in [2.24, 2.45) is 21.7 Å². The molecule has 30 heavy (non-hydrogen) atoms. The quantitative estimate of drug-likeness (QED) is 0.282. The van der Waals surface area contributed by atoms with Crippen LogP contribution in [-0.2, 0) is 51.1 Å². The predicted molar refractivity (Wildman–Crippen MR) is 108 cm³/mol. The van der Waals surface area contributed by atoms with Crippen molar-refractivity contribution in [3.05, 3.63) is 0 Å². The standard InChI is InChI=1S/4C5H10O2.2W/c4*1-5(2,3)4(6)7;;/h4*1-3H3,(H,6,7);;. The van der Waals surface area contributed by atoms with E-state index in [0.717, 1.165) is 0 Å². The molecule has 0 saturated carbocycles. The van der Waals surface area contributed by atoms with Crippen molar-refractivity contribution >= 4 is 23.9 Å². The summed E-state index contributed by atoms with van der Waals surface area (Å²) in [6.45, 7) is 19.9. The summed E-state index contributed by atoms with van der Waals surface area (Å²) in [6, 6.07) is 0. The van der Waals surface area contributed by atoms with E-state index in [1.165, 1.54) is 0 Å². The van der Waals surface area contributed by atoms with Crippen molar-refractivity contribution in [2.45, 2.75) is 83.1 Å². The first kappa shape index (κ1) is 39.7. The Bertz CT molecular complexity index is 459. The minimum absolute atomic E-state index is 0.583. The number of aliphatic carboxylic acids is 4. The van der Waals surface area contributed by atoms with Crippen LogP contribution in [0.15, 0.2) is 0 Å². The summed E-state index contributed by atoms with van der Waals surface area (Å²) in [5, 5.41) is 33.0. The van der Waals surface area contributed by atoms with Crippen LogP contribution in [0.4, 0.5) is 0 Å². The van der Waals surface area contributed by atoms with E-state index in [4.69, 9.17) is 20.4 Å². The third-order valence-electron chi connectivity index (χ3n) is 2.57. The second-order valence-electron chi connectivity index (χ2n) is 10.2. The fourth-order valence-corrected chi connectivity index (χ4v) is 0. The monoisotopic (exact) mass is 776 g/mol. The molecule has 180 valence electrons. The van der Waals surface area contributed by atoms with Gasteiger partial charge in [-0.3, -0.25) is 19.2 Å². The topological polar surface area (TPSA) is 149 Å². The van der Waals surface area contributed by atoms with Crippen LogP contribution in [0, 0.1) is 21.7 Å². The summed E-state index contributed by atoms with van der Waals surface area (Å²) >= 11 is 3.33. The van der Waals surface area contributed by atoms with Gasteiger partial charge in [-0.2, -0.15) is 0 Å². The van der Waals surface area contributed by atoms with Gasteiger partial charge in [0.15, 0.2) is 0 Å². The van der Waals surface area contributed by atoms with Gasteiger partial charge in [0.1, 0.15) is 0 Å². The van der Waals surface area contributed by atoms with Gasteiger partial charge < -0.3 is 20.4 Å². The van der Waals surface area contributed by atoms with Crippen molar-refractivity contribution in [3.63, 3.8) is 0 Å². The molecule has 0 aromatic heterocycles. The first-order chi connectivity index (χ1) is 12.8. The maximum atomic E-state index is 10.0. The molecule has 0 atom stereocenters. The summed E-state index contributed by atoms with van der Waals surface area (Å²) in [4.78, 5) is 40.1. The molecule has 0 fully saturated rings. The van der Waals surface area contributed by atoms with Gasteiger partial charge in [-0.05, 0) is 83.1 Å². The summed E-state index contributed by atoms with van der Waals surface area (Å²) in [6.07, 6.45) is 0. The average molecular weight is 776 g/mol. The zero-order chi connectivity index (χ0) is 26.3. The van der Waals surface area contributed by atoms with Gasteiger partial charge in [0.2, 0.25) is 0 Å². The molecule has 0 spiro atoms. The number of carboxylic acids is 4. The molecule has 0 amide bonds. The van der Waals surface area contributed by atoms with E-state index in [9.17, 15) is 19.2 Å². The Labute approximate surface area is 199 Å². The van der Waals surface area contributed by atoms with Gasteiger partial charge >= 0.3 is 55.8 Å². The van der Waals surface area contributed by atoms with Gasteiger partial charge in [0.05, 0.1) is 21.7 Å². The van der Waals surface area contributed by atoms with E-state index >= 15 is 0 Å². The van der Waals surface area contributed by atoms with Crippen LogP contribution in [0.3, 0.4) is 0 Å². The normalized spacial score (nSPS) is 10.6. The maximum absolute atomic E-state index is 10.0. The van der Waals surface area contributed by atoms with Crippen molar-refractivity contribution < 1.29 is 71.5 Å². The Balaban J connectivity index is -0.0000000899. The molecular formula is C20H40O8W2. The summed E-state index contributed by atoms with van der Waals surface area (Å²) in [5.41, 5.74) is -2.33. The van der Waals surface area contributed by atoms with Crippen LogP contribution < -0.4 is 0 Å². The number of hydrogen-bond acceptors (Lipinski definition) is 4. The van der Waals surface area contributed by atoms with Crippen LogP contribution in [0.2, 0.25) is 0 Å². The van der Waals surface area contributed by atoms with Crippen molar-refractivity contribution in [1.82, 2.24) is 0 Å². The molecular weight excluding hydrogens is 736 g/mol. The molecule has 0 radical (unpaired) electrons. The molecule has 10 heteroatoms. The third-order valence-corrected chi connectivity index (χ3v) is 2.57. The van der Waals surface area contributed by atoms with E-state index in [0.29, 0.717) is 0 Å². The third kappa shape index (κ3) is 34.7. The fourth-order valence-electron chi connectivity index (χ4n) is 0. The Morgan fingerprint density at radius 1 is 0.400 bits per heavy atom. The van der Waals surface area contributed by atoms with Crippen LogP contribution in [0.5, 0.6) is 0 Å². The number of hydrogen-bond donors (Lipinski definition) is 4. The van der Waals surface area contributed by atoms with Crippen LogP contribution >= 0.6 is 0 Å². The first-order valence-corrected chi connectivity index (χ1v) is 19.9. The molecule has 0 bridgehead atoms. The SMILES string of the molecule is CC(C)(C)C(=O)O.CC(C)(C)C(=O)O.CC(C)(C)C(=O)O.CC(C)(C)C(=O)O.[W]#[W]. The molecule has 0 saturated heterocycles. The summed E-state index contributed by atoms with van der Waals surface area (Å²) < 4.78 is 0. The van der Waals surface area contributed by atoms with E-state index < -0.39 is 45.5 Å². The second kappa shape index (κ2) is 16.9. The molecule has 0 heterocycles. The van der Waals surface area contributed by atoms with E-state index in [1.54, 1.807) is 115 Å². The number of rotatable bonds is 0. The zero-order valence-corrected chi connectivity index (χ0v) is 26.1. The fraction of sp³-hybridized carbons (Fsp3) is 0.800. The van der Waals surface area contributed by atoms with Crippen LogP contribution in [0.25, 0.3) is 0 Å². The van der Waals surface area contributed by atoms with Crippen molar-refractivity contribution in [1.29, 1.82) is 0 Å². The number of carboxylic acid groups (broad SMARTS) is 4.